The van der Waals surface area contributed by atoms with Gasteiger partial charge in [0, 0.05) is 0 Å². The number of amides is 1. The number of fused-ring (bicyclic) bond motifs is 1. The molecule has 0 aliphatic carbocycles. The van der Waals surface area contributed by atoms with E-state index in [4.69, 9.17) is 4.74 Å². The van der Waals surface area contributed by atoms with E-state index in [1.54, 1.807) is 24.3 Å². The fourth-order valence-corrected chi connectivity index (χ4v) is 2.76. The van der Waals surface area contributed by atoms with Gasteiger partial charge in [0.2, 0.25) is 0 Å². The Morgan fingerprint density at radius 1 is 1.14 bits per heavy atom. The van der Waals surface area contributed by atoms with E-state index in [1.807, 2.05) is 0 Å². The summed E-state index contributed by atoms with van der Waals surface area (Å²) < 4.78 is 20.7. The van der Waals surface area contributed by atoms with Gasteiger partial charge in [-0.25, -0.2) is 18.7 Å². The zero-order valence-corrected chi connectivity index (χ0v) is 14.7. The van der Waals surface area contributed by atoms with Crippen molar-refractivity contribution in [2.75, 3.05) is 12.5 Å². The average molecular weight is 379 g/mol. The molecule has 2 aromatic carbocycles. The van der Waals surface area contributed by atoms with Crippen LogP contribution >= 0.6 is 0 Å². The number of ether oxygens (including phenoxy) is 1. The topological polar surface area (TPSA) is 91.0 Å². The molecule has 0 bridgehead atoms. The van der Waals surface area contributed by atoms with Crippen molar-refractivity contribution in [3.05, 3.63) is 82.8 Å². The average Bonchev–Trinajstić information content (AvgIpc) is 3.15. The van der Waals surface area contributed by atoms with Gasteiger partial charge < -0.3 is 4.74 Å². The van der Waals surface area contributed by atoms with Crippen LogP contribution < -0.4 is 15.7 Å². The molecule has 4 rings (SSSR count). The predicted octanol–water partition coefficient (Wildman–Crippen LogP) is 2.11. The number of nitrogens with zero attached hydrogens (tertiary/aromatic N) is 4. The van der Waals surface area contributed by atoms with Gasteiger partial charge in [-0.3, -0.25) is 15.0 Å². The Hall–Kier alpha value is -4.01. The molecular formula is C19H14FN5O3. The fourth-order valence-electron chi connectivity index (χ4n) is 2.76. The number of carbonyl (C=O) groups is 1. The standard InChI is InChI=1S/C19H14FN5O3/c1-28-16-5-3-2-4-14(16)18(26)23-24-11-21-17-15(19(24)27)10-22-25(17)13-8-6-12(20)7-9-13/h2-11H,1H3,(H,23,26). The van der Waals surface area contributed by atoms with Crippen molar-refractivity contribution in [1.82, 2.24) is 19.4 Å². The number of nitrogens with one attached hydrogen (secondary N) is 1. The van der Waals surface area contributed by atoms with Gasteiger partial charge in [0.25, 0.3) is 11.5 Å². The van der Waals surface area contributed by atoms with Gasteiger partial charge >= 0.3 is 0 Å². The molecular weight excluding hydrogens is 365 g/mol. The summed E-state index contributed by atoms with van der Waals surface area (Å²) in [5.41, 5.74) is 3.11. The molecule has 0 unspecified atom stereocenters. The van der Waals surface area contributed by atoms with Crippen LogP contribution in [-0.4, -0.2) is 32.5 Å². The van der Waals surface area contributed by atoms with Crippen molar-refractivity contribution >= 4 is 16.9 Å². The molecule has 0 aliphatic rings. The number of halogens is 1. The summed E-state index contributed by atoms with van der Waals surface area (Å²) in [7, 11) is 1.45. The van der Waals surface area contributed by atoms with Gasteiger partial charge in [0.15, 0.2) is 5.65 Å². The first-order valence-electron chi connectivity index (χ1n) is 8.24. The van der Waals surface area contributed by atoms with Crippen molar-refractivity contribution in [3.63, 3.8) is 0 Å². The number of carbonyl (C=O) groups excluding carboxylic acids is 1. The maximum atomic E-state index is 13.1. The monoisotopic (exact) mass is 379 g/mol. The Morgan fingerprint density at radius 2 is 1.89 bits per heavy atom. The van der Waals surface area contributed by atoms with E-state index in [-0.39, 0.29) is 16.8 Å². The Morgan fingerprint density at radius 3 is 2.64 bits per heavy atom. The summed E-state index contributed by atoms with van der Waals surface area (Å²) >= 11 is 0. The summed E-state index contributed by atoms with van der Waals surface area (Å²) in [6.45, 7) is 0. The second-order valence-corrected chi connectivity index (χ2v) is 5.83. The Kier molecular flexibility index (Phi) is 4.32. The van der Waals surface area contributed by atoms with E-state index < -0.39 is 11.5 Å². The van der Waals surface area contributed by atoms with Crippen LogP contribution in [0.3, 0.4) is 0 Å². The number of hydrogen-bond donors (Lipinski definition) is 1. The lowest BCUT2D eigenvalue weighted by molar-refractivity contribution is 0.100. The van der Waals surface area contributed by atoms with Gasteiger partial charge in [0.05, 0.1) is 24.6 Å². The third kappa shape index (κ3) is 2.98. The second kappa shape index (κ2) is 6.95. The molecule has 9 heteroatoms. The van der Waals surface area contributed by atoms with Crippen molar-refractivity contribution in [1.29, 1.82) is 0 Å². The van der Waals surface area contributed by atoms with Gasteiger partial charge in [-0.15, -0.1) is 0 Å². The van der Waals surface area contributed by atoms with Crippen LogP contribution in [0.5, 0.6) is 5.75 Å². The van der Waals surface area contributed by atoms with Crippen molar-refractivity contribution in [2.24, 2.45) is 0 Å². The number of aromatic nitrogens is 4. The highest BCUT2D eigenvalue weighted by Gasteiger charge is 2.15. The summed E-state index contributed by atoms with van der Waals surface area (Å²) in [5, 5.41) is 4.35. The normalized spacial score (nSPS) is 10.8. The van der Waals surface area contributed by atoms with E-state index >= 15 is 0 Å². The summed E-state index contributed by atoms with van der Waals surface area (Å²) in [4.78, 5) is 29.4. The van der Waals surface area contributed by atoms with Gasteiger partial charge in [-0.2, -0.15) is 5.10 Å². The molecule has 0 saturated heterocycles. The van der Waals surface area contributed by atoms with Crippen molar-refractivity contribution < 1.29 is 13.9 Å². The highest BCUT2D eigenvalue weighted by Crippen LogP contribution is 2.17. The third-order valence-electron chi connectivity index (χ3n) is 4.13. The summed E-state index contributed by atoms with van der Waals surface area (Å²) in [6.07, 6.45) is 2.54. The lowest BCUT2D eigenvalue weighted by atomic mass is 10.2. The van der Waals surface area contributed by atoms with Gasteiger partial charge in [-0.1, -0.05) is 12.1 Å². The largest absolute Gasteiger partial charge is 0.496 e. The zero-order chi connectivity index (χ0) is 19.7. The smallest absolute Gasteiger partial charge is 0.283 e. The number of benzene rings is 2. The molecule has 2 heterocycles. The van der Waals surface area contributed by atoms with Crippen LogP contribution in [0.25, 0.3) is 16.7 Å². The van der Waals surface area contributed by atoms with Crippen LogP contribution in [0.4, 0.5) is 4.39 Å². The molecule has 0 aliphatic heterocycles. The van der Waals surface area contributed by atoms with Gasteiger partial charge in [-0.05, 0) is 36.4 Å². The quantitative estimate of drug-likeness (QED) is 0.586. The molecule has 1 N–H and O–H groups in total. The second-order valence-electron chi connectivity index (χ2n) is 5.83. The minimum absolute atomic E-state index is 0.201. The summed E-state index contributed by atoms with van der Waals surface area (Å²) in [5.74, 6) is -0.521. The molecule has 0 saturated carbocycles. The van der Waals surface area contributed by atoms with E-state index in [1.165, 1.54) is 48.6 Å². The minimum Gasteiger partial charge on any atom is -0.496 e. The number of methoxy groups -OCH3 is 1. The number of para-hydroxylation sites is 1. The molecule has 8 nitrogen and oxygen atoms in total. The highest BCUT2D eigenvalue weighted by molar-refractivity contribution is 6.02. The number of hydrogen-bond acceptors (Lipinski definition) is 5. The first kappa shape index (κ1) is 17.4. The maximum Gasteiger partial charge on any atom is 0.283 e. The van der Waals surface area contributed by atoms with E-state index in [9.17, 15) is 14.0 Å². The molecule has 140 valence electrons. The Labute approximate surface area is 157 Å². The Balaban J connectivity index is 1.70. The molecule has 2 aromatic heterocycles. The predicted molar refractivity (Wildman–Crippen MR) is 99.8 cm³/mol. The maximum absolute atomic E-state index is 13.1. The van der Waals surface area contributed by atoms with Crippen LogP contribution in [0, 0.1) is 5.82 Å². The lowest BCUT2D eigenvalue weighted by Crippen LogP contribution is -2.33. The van der Waals surface area contributed by atoms with E-state index in [0.29, 0.717) is 17.1 Å². The van der Waals surface area contributed by atoms with Crippen molar-refractivity contribution in [2.45, 2.75) is 0 Å². The van der Waals surface area contributed by atoms with E-state index in [0.717, 1.165) is 4.68 Å². The minimum atomic E-state index is -0.522. The zero-order valence-electron chi connectivity index (χ0n) is 14.7. The van der Waals surface area contributed by atoms with Crippen LogP contribution in [0.2, 0.25) is 0 Å². The first-order chi connectivity index (χ1) is 13.6. The van der Waals surface area contributed by atoms with Crippen LogP contribution in [0.15, 0.2) is 65.8 Å². The Bertz CT molecular complexity index is 1230. The number of rotatable bonds is 4. The third-order valence-corrected chi connectivity index (χ3v) is 4.13. The highest BCUT2D eigenvalue weighted by atomic mass is 19.1. The van der Waals surface area contributed by atoms with E-state index in [2.05, 4.69) is 15.5 Å². The SMILES string of the molecule is COc1ccccc1C(=O)Nn1cnc2c(cnn2-c2ccc(F)cc2)c1=O. The molecule has 0 atom stereocenters. The lowest BCUT2D eigenvalue weighted by Gasteiger charge is -2.10. The molecule has 0 radical (unpaired) electrons. The molecule has 1 amide bonds. The molecule has 0 spiro atoms. The molecule has 0 fully saturated rings. The summed E-state index contributed by atoms with van der Waals surface area (Å²) in [6, 6.07) is 12.3. The molecule has 4 aromatic rings. The molecule has 28 heavy (non-hydrogen) atoms. The van der Waals surface area contributed by atoms with Crippen molar-refractivity contribution in [3.8, 4) is 11.4 Å². The fraction of sp³-hybridized carbons (Fsp3) is 0.0526. The van der Waals surface area contributed by atoms with Crippen LogP contribution in [-0.2, 0) is 0 Å². The van der Waals surface area contributed by atoms with Gasteiger partial charge in [0.1, 0.15) is 23.3 Å². The van der Waals surface area contributed by atoms with Crippen LogP contribution in [0.1, 0.15) is 10.4 Å². The first-order valence-corrected chi connectivity index (χ1v) is 8.24.